The first-order valence-corrected chi connectivity index (χ1v) is 14.6. The minimum atomic E-state index is -2.96. The number of rotatable bonds is 8. The first-order chi connectivity index (χ1) is 19.8. The number of hydrogen-bond donors (Lipinski definition) is 0. The number of alkyl halides is 2. The Labute approximate surface area is 233 Å². The van der Waals surface area contributed by atoms with Crippen LogP contribution in [-0.2, 0) is 17.3 Å². The molecule has 4 aromatic rings. The molecule has 2 bridgehead atoms. The van der Waals surface area contributed by atoms with E-state index < -0.39 is 39.8 Å². The van der Waals surface area contributed by atoms with Crippen molar-refractivity contribution in [1.29, 1.82) is 0 Å². The van der Waals surface area contributed by atoms with Gasteiger partial charge < -0.3 is 14.2 Å². The number of para-hydroxylation sites is 1. The lowest BCUT2D eigenvalue weighted by Gasteiger charge is -2.43. The Hall–Kier alpha value is -3.91. The van der Waals surface area contributed by atoms with E-state index in [0.717, 1.165) is 19.0 Å². The topological polar surface area (TPSA) is 113 Å². The molecule has 14 heteroatoms. The molecular weight excluding hydrogens is 561 g/mol. The number of nitrogens with zero attached hydrogens (tertiary/aromatic N) is 6. The van der Waals surface area contributed by atoms with Crippen molar-refractivity contribution in [2.75, 3.05) is 34.4 Å². The maximum absolute atomic E-state index is 15.3. The molecule has 3 fully saturated rings. The highest BCUT2D eigenvalue weighted by molar-refractivity contribution is 7.86. The van der Waals surface area contributed by atoms with E-state index in [9.17, 15) is 22.6 Å². The van der Waals surface area contributed by atoms with Crippen LogP contribution in [0.15, 0.2) is 56.6 Å². The van der Waals surface area contributed by atoms with Gasteiger partial charge in [-0.25, -0.2) is 4.39 Å². The number of aromatic nitrogens is 3. The summed E-state index contributed by atoms with van der Waals surface area (Å²) in [5.74, 6) is -0.599. The third-order valence-electron chi connectivity index (χ3n) is 8.09. The molecule has 5 heterocycles. The molecule has 2 aromatic carbocycles. The highest BCUT2D eigenvalue weighted by atomic mass is 32.2. The number of fused-ring (bicyclic) bond motifs is 2. The molecule has 2 aromatic heterocycles. The molecule has 2 unspecified atom stereocenters. The second kappa shape index (κ2) is 9.87. The smallest absolute Gasteiger partial charge is 0.314 e. The van der Waals surface area contributed by atoms with Crippen molar-refractivity contribution < 1.29 is 21.8 Å². The zero-order chi connectivity index (χ0) is 28.4. The Morgan fingerprint density at radius 2 is 1.83 bits per heavy atom. The lowest BCUT2D eigenvalue weighted by molar-refractivity contribution is 0.116. The van der Waals surface area contributed by atoms with Crippen LogP contribution in [0.4, 0.5) is 30.2 Å². The molecule has 3 aliphatic heterocycles. The van der Waals surface area contributed by atoms with E-state index in [0.29, 0.717) is 35.5 Å². The molecule has 10 nitrogen and oxygen atoms in total. The molecule has 212 valence electrons. The number of pyridine rings is 1. The number of likely N-dealkylation sites (tertiary alicyclic amines) is 1. The number of anilines is 3. The van der Waals surface area contributed by atoms with Gasteiger partial charge in [-0.3, -0.25) is 23.7 Å². The van der Waals surface area contributed by atoms with Crippen LogP contribution >= 0.6 is 0 Å². The minimum Gasteiger partial charge on any atom is -0.415 e. The quantitative estimate of drug-likeness (QED) is 0.287. The van der Waals surface area contributed by atoms with Crippen molar-refractivity contribution in [1.82, 2.24) is 20.1 Å². The first-order valence-electron chi connectivity index (χ1n) is 13.1. The van der Waals surface area contributed by atoms with Crippen LogP contribution in [0.25, 0.3) is 11.5 Å². The summed E-state index contributed by atoms with van der Waals surface area (Å²) in [5, 5.41) is 6.79. The van der Waals surface area contributed by atoms with Gasteiger partial charge in [-0.2, -0.15) is 8.78 Å². The van der Waals surface area contributed by atoms with Crippen LogP contribution in [0.5, 0.6) is 0 Å². The van der Waals surface area contributed by atoms with Gasteiger partial charge in [0.15, 0.2) is 0 Å². The maximum atomic E-state index is 15.3. The predicted octanol–water partition coefficient (Wildman–Crippen LogP) is 2.54. The zero-order valence-electron chi connectivity index (χ0n) is 21.5. The minimum absolute atomic E-state index is 0.0275. The summed E-state index contributed by atoms with van der Waals surface area (Å²) in [7, 11) is -0.755. The average Bonchev–Trinajstić information content (AvgIpc) is 3.70. The number of halogens is 3. The number of hydrogen-bond acceptors (Lipinski definition) is 10. The Morgan fingerprint density at radius 3 is 2.46 bits per heavy atom. The highest BCUT2D eigenvalue weighted by Gasteiger charge is 2.50. The zero-order valence-corrected chi connectivity index (χ0v) is 22.3. The third kappa shape index (κ3) is 4.36. The molecule has 41 heavy (non-hydrogen) atoms. The fourth-order valence-corrected chi connectivity index (χ4v) is 7.21. The van der Waals surface area contributed by atoms with Crippen LogP contribution in [0, 0.1) is 5.82 Å². The monoisotopic (exact) mass is 584 g/mol. The van der Waals surface area contributed by atoms with Gasteiger partial charge in [-0.15, -0.1) is 10.2 Å². The Morgan fingerprint density at radius 1 is 1.05 bits per heavy atom. The SMILES string of the molecule is O=c1c(N(Cc2ncc(-c3nnc(C(F)F)o3)cc2F)c2ccccc2)c(N2CC3CC2CN3C2CS(=O)C2)c1=O. The van der Waals surface area contributed by atoms with Crippen LogP contribution in [0.1, 0.15) is 24.4 Å². The van der Waals surface area contributed by atoms with Crippen LogP contribution in [0.3, 0.4) is 0 Å². The summed E-state index contributed by atoms with van der Waals surface area (Å²) in [5.41, 5.74) is -0.135. The molecule has 0 amide bonds. The average molecular weight is 585 g/mol. The summed E-state index contributed by atoms with van der Waals surface area (Å²) >= 11 is 0. The lowest BCUT2D eigenvalue weighted by Crippen LogP contribution is -2.59. The van der Waals surface area contributed by atoms with Gasteiger partial charge in [-0.05, 0) is 24.6 Å². The molecule has 0 spiro atoms. The maximum Gasteiger partial charge on any atom is 0.314 e. The fraction of sp³-hybridized carbons (Fsp3) is 0.370. The van der Waals surface area contributed by atoms with E-state index in [4.69, 9.17) is 4.42 Å². The molecule has 3 aliphatic rings. The normalized spacial score (nSPS) is 24.0. The molecule has 0 aliphatic carbocycles. The summed E-state index contributed by atoms with van der Waals surface area (Å²) in [6.45, 7) is 1.15. The van der Waals surface area contributed by atoms with Gasteiger partial charge in [0.1, 0.15) is 17.2 Å². The van der Waals surface area contributed by atoms with Crippen molar-refractivity contribution >= 4 is 27.9 Å². The van der Waals surface area contributed by atoms with Gasteiger partial charge in [0.25, 0.3) is 16.7 Å². The van der Waals surface area contributed by atoms with Crippen molar-refractivity contribution in [2.24, 2.45) is 0 Å². The number of benzene rings is 1. The third-order valence-corrected chi connectivity index (χ3v) is 9.61. The summed E-state index contributed by atoms with van der Waals surface area (Å²) < 4.78 is 57.5. The second-order valence-corrected chi connectivity index (χ2v) is 12.0. The molecule has 0 saturated carbocycles. The predicted molar refractivity (Wildman–Crippen MR) is 144 cm³/mol. The molecule has 3 saturated heterocycles. The van der Waals surface area contributed by atoms with Gasteiger partial charge in [-0.1, -0.05) is 18.2 Å². The van der Waals surface area contributed by atoms with Crippen LogP contribution < -0.4 is 20.7 Å². The molecule has 0 radical (unpaired) electrons. The van der Waals surface area contributed by atoms with E-state index in [1.807, 2.05) is 4.90 Å². The van der Waals surface area contributed by atoms with E-state index in [1.165, 1.54) is 6.20 Å². The highest BCUT2D eigenvalue weighted by Crippen LogP contribution is 2.41. The van der Waals surface area contributed by atoms with Gasteiger partial charge >= 0.3 is 6.43 Å². The van der Waals surface area contributed by atoms with Crippen LogP contribution in [-0.4, -0.2) is 67.0 Å². The Kier molecular flexibility index (Phi) is 6.27. The molecule has 2 atom stereocenters. The van der Waals surface area contributed by atoms with E-state index in [2.05, 4.69) is 20.1 Å². The van der Waals surface area contributed by atoms with Gasteiger partial charge in [0.05, 0.1) is 17.8 Å². The van der Waals surface area contributed by atoms with E-state index in [1.54, 1.807) is 35.2 Å². The first kappa shape index (κ1) is 26.0. The van der Waals surface area contributed by atoms with Crippen molar-refractivity contribution in [2.45, 2.75) is 37.5 Å². The van der Waals surface area contributed by atoms with E-state index >= 15 is 4.39 Å². The van der Waals surface area contributed by atoms with Crippen molar-refractivity contribution in [3.05, 3.63) is 80.4 Å². The molecular formula is C27H23F3N6O4S. The second-order valence-electron chi connectivity index (χ2n) is 10.5. The Bertz CT molecular complexity index is 1720. The van der Waals surface area contributed by atoms with Crippen LogP contribution in [0.2, 0.25) is 0 Å². The lowest BCUT2D eigenvalue weighted by atomic mass is 10.1. The molecule has 0 N–H and O–H groups in total. The standard InChI is InChI=1S/C27H23F3N6O4S/c28-19-6-14(26-32-33-27(40-26)25(29)30)8-31-20(19)11-36(15-4-2-1-3-5-15)22-21(23(37)24(22)38)35-10-16-7-17(35)9-34(16)18-12-41(39)13-18/h1-6,8,16-18,25H,7,9-13H2. The fourth-order valence-electron chi connectivity index (χ4n) is 6.07. The van der Waals surface area contributed by atoms with Crippen molar-refractivity contribution in [3.63, 3.8) is 0 Å². The largest absolute Gasteiger partial charge is 0.415 e. The van der Waals surface area contributed by atoms with Gasteiger partial charge in [0.2, 0.25) is 5.89 Å². The van der Waals surface area contributed by atoms with Crippen molar-refractivity contribution in [3.8, 4) is 11.5 Å². The molecule has 7 rings (SSSR count). The van der Waals surface area contributed by atoms with E-state index in [-0.39, 0.29) is 41.5 Å². The summed E-state index contributed by atoms with van der Waals surface area (Å²) in [4.78, 5) is 36.2. The summed E-state index contributed by atoms with van der Waals surface area (Å²) in [6.07, 6.45) is -0.877. The summed E-state index contributed by atoms with van der Waals surface area (Å²) in [6, 6.07) is 10.5. The number of piperazine rings is 1. The van der Waals surface area contributed by atoms with Gasteiger partial charge in [0, 0.05) is 65.4 Å². The Balaban J connectivity index is 1.19.